The SMILES string of the molecule is Cn1ccnc1SCC(=O)NC1CCN(Cc2ccccc2)CC1. The van der Waals surface area contributed by atoms with E-state index in [4.69, 9.17) is 0 Å². The second-order valence-electron chi connectivity index (χ2n) is 6.21. The van der Waals surface area contributed by atoms with Crippen molar-refractivity contribution in [3.05, 3.63) is 48.3 Å². The number of nitrogens with zero attached hydrogens (tertiary/aromatic N) is 3. The second-order valence-corrected chi connectivity index (χ2v) is 7.16. The lowest BCUT2D eigenvalue weighted by Crippen LogP contribution is -2.44. The van der Waals surface area contributed by atoms with Gasteiger partial charge < -0.3 is 9.88 Å². The molecule has 2 heterocycles. The molecular weight excluding hydrogens is 320 g/mol. The predicted octanol–water partition coefficient (Wildman–Crippen LogP) is 2.29. The molecule has 1 saturated heterocycles. The Morgan fingerprint density at radius 1 is 1.29 bits per heavy atom. The molecule has 24 heavy (non-hydrogen) atoms. The molecule has 1 aromatic carbocycles. The third kappa shape index (κ3) is 4.85. The third-order valence-electron chi connectivity index (χ3n) is 4.31. The molecule has 1 N–H and O–H groups in total. The Labute approximate surface area is 147 Å². The summed E-state index contributed by atoms with van der Waals surface area (Å²) in [6.45, 7) is 3.06. The third-order valence-corrected chi connectivity index (χ3v) is 5.37. The van der Waals surface area contributed by atoms with Crippen molar-refractivity contribution in [2.24, 2.45) is 7.05 Å². The highest BCUT2D eigenvalue weighted by molar-refractivity contribution is 7.99. The maximum Gasteiger partial charge on any atom is 0.230 e. The number of hydrogen-bond acceptors (Lipinski definition) is 4. The van der Waals surface area contributed by atoms with Crippen molar-refractivity contribution in [1.82, 2.24) is 19.8 Å². The molecule has 0 unspecified atom stereocenters. The Morgan fingerprint density at radius 2 is 2.04 bits per heavy atom. The van der Waals surface area contributed by atoms with Crippen LogP contribution >= 0.6 is 11.8 Å². The van der Waals surface area contributed by atoms with E-state index in [1.165, 1.54) is 17.3 Å². The number of likely N-dealkylation sites (tertiary alicyclic amines) is 1. The standard InChI is InChI=1S/C18H24N4OS/c1-21-12-9-19-18(21)24-14-17(23)20-16-7-10-22(11-8-16)13-15-5-3-2-4-6-15/h2-6,9,12,16H,7-8,10-11,13-14H2,1H3,(H,20,23). The van der Waals surface area contributed by atoms with Crippen LogP contribution in [0, 0.1) is 0 Å². The minimum absolute atomic E-state index is 0.101. The molecule has 0 saturated carbocycles. The van der Waals surface area contributed by atoms with Gasteiger partial charge in [-0.15, -0.1) is 0 Å². The second kappa shape index (κ2) is 8.35. The molecule has 1 amide bonds. The fraction of sp³-hybridized carbons (Fsp3) is 0.444. The molecule has 128 valence electrons. The fourth-order valence-electron chi connectivity index (χ4n) is 2.97. The molecule has 1 aliphatic heterocycles. The van der Waals surface area contributed by atoms with Gasteiger partial charge in [0.25, 0.3) is 0 Å². The number of benzene rings is 1. The Morgan fingerprint density at radius 3 is 2.71 bits per heavy atom. The number of imidazole rings is 1. The fourth-order valence-corrected chi connectivity index (χ4v) is 3.71. The van der Waals surface area contributed by atoms with Crippen molar-refractivity contribution in [2.45, 2.75) is 30.6 Å². The van der Waals surface area contributed by atoms with Gasteiger partial charge in [0.15, 0.2) is 5.16 Å². The number of nitrogens with one attached hydrogen (secondary N) is 1. The van der Waals surface area contributed by atoms with E-state index in [1.54, 1.807) is 6.20 Å². The van der Waals surface area contributed by atoms with Gasteiger partial charge in [-0.25, -0.2) is 4.98 Å². The van der Waals surface area contributed by atoms with Crippen molar-refractivity contribution in [3.63, 3.8) is 0 Å². The number of aromatic nitrogens is 2. The average Bonchev–Trinajstić information content (AvgIpc) is 3.01. The molecule has 5 nitrogen and oxygen atoms in total. The lowest BCUT2D eigenvalue weighted by atomic mass is 10.0. The van der Waals surface area contributed by atoms with Gasteiger partial charge in [-0.1, -0.05) is 42.1 Å². The van der Waals surface area contributed by atoms with Crippen LogP contribution in [0.3, 0.4) is 0 Å². The topological polar surface area (TPSA) is 50.2 Å². The van der Waals surface area contributed by atoms with Crippen molar-refractivity contribution in [3.8, 4) is 0 Å². The molecule has 0 atom stereocenters. The average molecular weight is 344 g/mol. The zero-order chi connectivity index (χ0) is 16.8. The van der Waals surface area contributed by atoms with E-state index in [-0.39, 0.29) is 5.91 Å². The molecule has 0 bridgehead atoms. The summed E-state index contributed by atoms with van der Waals surface area (Å²) in [5, 5.41) is 4.04. The van der Waals surface area contributed by atoms with E-state index in [0.29, 0.717) is 11.8 Å². The summed E-state index contributed by atoms with van der Waals surface area (Å²) in [6.07, 6.45) is 5.68. The zero-order valence-corrected chi connectivity index (χ0v) is 14.8. The summed E-state index contributed by atoms with van der Waals surface area (Å²) in [6, 6.07) is 10.9. The summed E-state index contributed by atoms with van der Waals surface area (Å²) in [4.78, 5) is 18.8. The van der Waals surface area contributed by atoms with Crippen LogP contribution in [-0.4, -0.2) is 45.2 Å². The molecule has 1 fully saturated rings. The maximum absolute atomic E-state index is 12.1. The first kappa shape index (κ1) is 17.0. The van der Waals surface area contributed by atoms with Crippen molar-refractivity contribution < 1.29 is 4.79 Å². The summed E-state index contributed by atoms with van der Waals surface area (Å²) < 4.78 is 1.93. The van der Waals surface area contributed by atoms with Crippen LogP contribution in [0.2, 0.25) is 0 Å². The number of carbonyl (C=O) groups excluding carboxylic acids is 1. The molecule has 6 heteroatoms. The van der Waals surface area contributed by atoms with E-state index >= 15 is 0 Å². The Hall–Kier alpha value is -1.79. The minimum atomic E-state index is 0.101. The lowest BCUT2D eigenvalue weighted by Gasteiger charge is -2.32. The number of thioether (sulfide) groups is 1. The number of aryl methyl sites for hydroxylation is 1. The molecular formula is C18H24N4OS. The van der Waals surface area contributed by atoms with Crippen LogP contribution in [0.15, 0.2) is 47.9 Å². The number of rotatable bonds is 6. The largest absolute Gasteiger partial charge is 0.353 e. The van der Waals surface area contributed by atoms with E-state index in [9.17, 15) is 4.79 Å². The maximum atomic E-state index is 12.1. The predicted molar refractivity (Wildman–Crippen MR) is 96.8 cm³/mol. The van der Waals surface area contributed by atoms with Gasteiger partial charge in [0.2, 0.25) is 5.91 Å². The Balaban J connectivity index is 1.37. The van der Waals surface area contributed by atoms with Crippen molar-refractivity contribution in [2.75, 3.05) is 18.8 Å². The van der Waals surface area contributed by atoms with Crippen LogP contribution < -0.4 is 5.32 Å². The molecule has 1 aromatic heterocycles. The van der Waals surface area contributed by atoms with Gasteiger partial charge in [-0.2, -0.15) is 0 Å². The number of hydrogen-bond donors (Lipinski definition) is 1. The van der Waals surface area contributed by atoms with Gasteiger partial charge >= 0.3 is 0 Å². The normalized spacial score (nSPS) is 16.2. The lowest BCUT2D eigenvalue weighted by molar-refractivity contribution is -0.119. The van der Waals surface area contributed by atoms with E-state index < -0.39 is 0 Å². The number of piperidine rings is 1. The van der Waals surface area contributed by atoms with Gasteiger partial charge in [-0.3, -0.25) is 9.69 Å². The quantitative estimate of drug-likeness (QED) is 0.817. The Kier molecular flexibility index (Phi) is 5.93. The summed E-state index contributed by atoms with van der Waals surface area (Å²) >= 11 is 1.48. The van der Waals surface area contributed by atoms with Gasteiger partial charge in [-0.05, 0) is 18.4 Å². The number of amides is 1. The first-order valence-electron chi connectivity index (χ1n) is 8.36. The molecule has 1 aliphatic rings. The van der Waals surface area contributed by atoms with Crippen molar-refractivity contribution >= 4 is 17.7 Å². The van der Waals surface area contributed by atoms with Crippen LogP contribution in [0.25, 0.3) is 0 Å². The van der Waals surface area contributed by atoms with Crippen LogP contribution in [0.5, 0.6) is 0 Å². The number of carbonyl (C=O) groups is 1. The highest BCUT2D eigenvalue weighted by Crippen LogP contribution is 2.16. The van der Waals surface area contributed by atoms with Gasteiger partial charge in [0.1, 0.15) is 0 Å². The van der Waals surface area contributed by atoms with Gasteiger partial charge in [0, 0.05) is 45.1 Å². The smallest absolute Gasteiger partial charge is 0.230 e. The molecule has 3 rings (SSSR count). The van der Waals surface area contributed by atoms with Crippen molar-refractivity contribution in [1.29, 1.82) is 0 Å². The summed E-state index contributed by atoms with van der Waals surface area (Å²) in [5.41, 5.74) is 1.35. The first-order chi connectivity index (χ1) is 11.7. The van der Waals surface area contributed by atoms with E-state index in [1.807, 2.05) is 23.9 Å². The summed E-state index contributed by atoms with van der Waals surface area (Å²) in [7, 11) is 1.94. The highest BCUT2D eigenvalue weighted by atomic mass is 32.2. The van der Waals surface area contributed by atoms with Gasteiger partial charge in [0.05, 0.1) is 5.75 Å². The van der Waals surface area contributed by atoms with Crippen LogP contribution in [-0.2, 0) is 18.4 Å². The summed E-state index contributed by atoms with van der Waals surface area (Å²) in [5.74, 6) is 0.527. The molecule has 0 radical (unpaired) electrons. The molecule has 2 aromatic rings. The van der Waals surface area contributed by atoms with Crippen LogP contribution in [0.1, 0.15) is 18.4 Å². The first-order valence-corrected chi connectivity index (χ1v) is 9.35. The molecule has 0 spiro atoms. The minimum Gasteiger partial charge on any atom is -0.353 e. The van der Waals surface area contributed by atoms with E-state index in [2.05, 4.69) is 39.5 Å². The van der Waals surface area contributed by atoms with Crippen LogP contribution in [0.4, 0.5) is 0 Å². The Bertz CT molecular complexity index is 650. The monoisotopic (exact) mass is 344 g/mol. The zero-order valence-electron chi connectivity index (χ0n) is 14.0. The molecule has 0 aliphatic carbocycles. The highest BCUT2D eigenvalue weighted by Gasteiger charge is 2.20. The van der Waals surface area contributed by atoms with E-state index in [0.717, 1.165) is 37.6 Å².